The van der Waals surface area contributed by atoms with Crippen LogP contribution in [0.2, 0.25) is 0 Å². The van der Waals surface area contributed by atoms with Gasteiger partial charge in [-0.3, -0.25) is 9.78 Å². The number of carbonyl (C=O) groups excluding carboxylic acids is 1. The van der Waals surface area contributed by atoms with Crippen LogP contribution in [0.5, 0.6) is 0 Å². The van der Waals surface area contributed by atoms with E-state index in [4.69, 9.17) is 0 Å². The van der Waals surface area contributed by atoms with Crippen LogP contribution in [0, 0.1) is 6.92 Å². The van der Waals surface area contributed by atoms with E-state index in [0.717, 1.165) is 18.8 Å². The van der Waals surface area contributed by atoms with E-state index in [1.165, 1.54) is 36.5 Å². The van der Waals surface area contributed by atoms with Crippen molar-refractivity contribution in [1.82, 2.24) is 9.97 Å². The number of hydrogen-bond donors (Lipinski definition) is 1. The molecule has 5 nitrogen and oxygen atoms in total. The van der Waals surface area contributed by atoms with Gasteiger partial charge in [0.1, 0.15) is 5.69 Å². The summed E-state index contributed by atoms with van der Waals surface area (Å²) in [6.45, 7) is 4.31. The van der Waals surface area contributed by atoms with Crippen LogP contribution in [0.15, 0.2) is 36.8 Å². The van der Waals surface area contributed by atoms with Crippen LogP contribution in [0.1, 0.15) is 28.9 Å². The second-order valence-electron chi connectivity index (χ2n) is 5.24. The smallest absolute Gasteiger partial charge is 0.275 e. The van der Waals surface area contributed by atoms with Crippen LogP contribution in [0.25, 0.3) is 0 Å². The predicted octanol–water partition coefficient (Wildman–Crippen LogP) is 2.64. The highest BCUT2D eigenvalue weighted by Crippen LogP contribution is 2.26. The molecular weight excluding hydrogens is 264 g/mol. The van der Waals surface area contributed by atoms with Gasteiger partial charge in [0.2, 0.25) is 0 Å². The van der Waals surface area contributed by atoms with Crippen molar-refractivity contribution < 1.29 is 4.79 Å². The molecule has 0 radical (unpaired) electrons. The molecule has 0 spiro atoms. The zero-order valence-corrected chi connectivity index (χ0v) is 12.0. The monoisotopic (exact) mass is 282 g/mol. The summed E-state index contributed by atoms with van der Waals surface area (Å²) in [7, 11) is 0. The van der Waals surface area contributed by atoms with Crippen LogP contribution >= 0.6 is 0 Å². The normalized spacial score (nSPS) is 14.2. The first-order chi connectivity index (χ1) is 10.2. The Morgan fingerprint density at radius 2 is 2.05 bits per heavy atom. The molecule has 3 rings (SSSR count). The molecule has 2 aromatic rings. The van der Waals surface area contributed by atoms with Gasteiger partial charge < -0.3 is 10.2 Å². The summed E-state index contributed by atoms with van der Waals surface area (Å²) in [6.07, 6.45) is 7.03. The van der Waals surface area contributed by atoms with Crippen molar-refractivity contribution in [3.63, 3.8) is 0 Å². The number of benzene rings is 1. The third-order valence-electron chi connectivity index (χ3n) is 3.70. The number of aryl methyl sites for hydroxylation is 1. The van der Waals surface area contributed by atoms with Crippen molar-refractivity contribution in [3.05, 3.63) is 48.0 Å². The fraction of sp³-hybridized carbons (Fsp3) is 0.312. The summed E-state index contributed by atoms with van der Waals surface area (Å²) in [6, 6.07) is 6.02. The molecule has 1 saturated heterocycles. The summed E-state index contributed by atoms with van der Waals surface area (Å²) in [4.78, 5) is 22.3. The molecule has 1 aromatic heterocycles. The minimum Gasteiger partial charge on any atom is -0.371 e. The number of carbonyl (C=O) groups is 1. The van der Waals surface area contributed by atoms with Gasteiger partial charge in [-0.1, -0.05) is 0 Å². The Morgan fingerprint density at radius 1 is 1.24 bits per heavy atom. The van der Waals surface area contributed by atoms with E-state index in [-0.39, 0.29) is 5.91 Å². The zero-order valence-electron chi connectivity index (χ0n) is 12.0. The molecule has 0 aliphatic carbocycles. The number of rotatable bonds is 3. The lowest BCUT2D eigenvalue weighted by atomic mass is 10.1. The maximum atomic E-state index is 12.0. The molecule has 0 unspecified atom stereocenters. The number of aromatic nitrogens is 2. The standard InChI is InChI=1S/C16H18N4O/c1-12-10-13(4-5-15(12)20-8-2-3-9-20)19-16(21)14-11-17-6-7-18-14/h4-7,10-11H,2-3,8-9H2,1H3,(H,19,21). The molecule has 108 valence electrons. The van der Waals surface area contributed by atoms with E-state index >= 15 is 0 Å². The molecule has 0 bridgehead atoms. The lowest BCUT2D eigenvalue weighted by Gasteiger charge is -2.20. The summed E-state index contributed by atoms with van der Waals surface area (Å²) in [5.41, 5.74) is 3.53. The molecule has 0 saturated carbocycles. The van der Waals surface area contributed by atoms with Crippen LogP contribution in [0.3, 0.4) is 0 Å². The predicted molar refractivity (Wildman–Crippen MR) is 82.6 cm³/mol. The zero-order chi connectivity index (χ0) is 14.7. The van der Waals surface area contributed by atoms with E-state index in [2.05, 4.69) is 33.2 Å². The SMILES string of the molecule is Cc1cc(NC(=O)c2cnccn2)ccc1N1CCCC1. The van der Waals surface area contributed by atoms with Crippen molar-refractivity contribution in [3.8, 4) is 0 Å². The molecule has 1 fully saturated rings. The Kier molecular flexibility index (Phi) is 3.81. The van der Waals surface area contributed by atoms with Crippen LogP contribution in [0.4, 0.5) is 11.4 Å². The van der Waals surface area contributed by atoms with Gasteiger partial charge in [0.25, 0.3) is 5.91 Å². The van der Waals surface area contributed by atoms with Gasteiger partial charge in [0, 0.05) is 36.9 Å². The molecule has 21 heavy (non-hydrogen) atoms. The fourth-order valence-electron chi connectivity index (χ4n) is 2.66. The van der Waals surface area contributed by atoms with Gasteiger partial charge in [-0.2, -0.15) is 0 Å². The summed E-state index contributed by atoms with van der Waals surface area (Å²) in [5.74, 6) is -0.239. The number of anilines is 2. The molecule has 1 aliphatic heterocycles. The molecular formula is C16H18N4O. The highest BCUT2D eigenvalue weighted by molar-refractivity contribution is 6.02. The van der Waals surface area contributed by atoms with Crippen molar-refractivity contribution in [1.29, 1.82) is 0 Å². The largest absolute Gasteiger partial charge is 0.371 e. The van der Waals surface area contributed by atoms with E-state index in [9.17, 15) is 4.79 Å². The lowest BCUT2D eigenvalue weighted by molar-refractivity contribution is 0.102. The molecule has 2 heterocycles. The molecule has 1 aromatic carbocycles. The lowest BCUT2D eigenvalue weighted by Crippen LogP contribution is -2.19. The first-order valence-corrected chi connectivity index (χ1v) is 7.17. The van der Waals surface area contributed by atoms with Gasteiger partial charge in [-0.05, 0) is 43.5 Å². The number of nitrogens with zero attached hydrogens (tertiary/aromatic N) is 3. The quantitative estimate of drug-likeness (QED) is 0.940. The van der Waals surface area contributed by atoms with Gasteiger partial charge in [0.15, 0.2) is 0 Å². The van der Waals surface area contributed by atoms with Gasteiger partial charge >= 0.3 is 0 Å². The third kappa shape index (κ3) is 3.02. The second-order valence-corrected chi connectivity index (χ2v) is 5.24. The summed E-state index contributed by atoms with van der Waals surface area (Å²) in [5, 5.41) is 2.86. The Morgan fingerprint density at radius 3 is 2.71 bits per heavy atom. The minimum absolute atomic E-state index is 0.239. The maximum absolute atomic E-state index is 12.0. The van der Waals surface area contributed by atoms with Crippen molar-refractivity contribution >= 4 is 17.3 Å². The van der Waals surface area contributed by atoms with Crippen molar-refractivity contribution in [2.75, 3.05) is 23.3 Å². The van der Waals surface area contributed by atoms with E-state index in [0.29, 0.717) is 5.69 Å². The topological polar surface area (TPSA) is 58.1 Å². The summed E-state index contributed by atoms with van der Waals surface area (Å²) < 4.78 is 0. The van der Waals surface area contributed by atoms with Crippen LogP contribution in [-0.4, -0.2) is 29.0 Å². The summed E-state index contributed by atoms with van der Waals surface area (Å²) >= 11 is 0. The highest BCUT2D eigenvalue weighted by atomic mass is 16.1. The Balaban J connectivity index is 1.75. The number of hydrogen-bond acceptors (Lipinski definition) is 4. The van der Waals surface area contributed by atoms with Crippen LogP contribution in [-0.2, 0) is 0 Å². The maximum Gasteiger partial charge on any atom is 0.275 e. The van der Waals surface area contributed by atoms with Crippen molar-refractivity contribution in [2.45, 2.75) is 19.8 Å². The Labute approximate surface area is 124 Å². The molecule has 0 atom stereocenters. The minimum atomic E-state index is -0.239. The average Bonchev–Trinajstić information content (AvgIpc) is 3.02. The molecule has 5 heteroatoms. The fourth-order valence-corrected chi connectivity index (χ4v) is 2.66. The van der Waals surface area contributed by atoms with Gasteiger partial charge in [-0.15, -0.1) is 0 Å². The molecule has 1 aliphatic rings. The molecule has 1 N–H and O–H groups in total. The number of amides is 1. The Hall–Kier alpha value is -2.43. The van der Waals surface area contributed by atoms with Crippen molar-refractivity contribution in [2.24, 2.45) is 0 Å². The van der Waals surface area contributed by atoms with E-state index < -0.39 is 0 Å². The van der Waals surface area contributed by atoms with E-state index in [1.807, 2.05) is 12.1 Å². The van der Waals surface area contributed by atoms with Gasteiger partial charge in [0.05, 0.1) is 6.20 Å². The molecule has 1 amide bonds. The highest BCUT2D eigenvalue weighted by Gasteiger charge is 2.15. The number of nitrogens with one attached hydrogen (secondary N) is 1. The van der Waals surface area contributed by atoms with Crippen LogP contribution < -0.4 is 10.2 Å². The first-order valence-electron chi connectivity index (χ1n) is 7.17. The van der Waals surface area contributed by atoms with Gasteiger partial charge in [-0.25, -0.2) is 4.98 Å². The second kappa shape index (κ2) is 5.91. The third-order valence-corrected chi connectivity index (χ3v) is 3.70. The van der Waals surface area contributed by atoms with E-state index in [1.54, 1.807) is 6.20 Å². The average molecular weight is 282 g/mol. The Bertz CT molecular complexity index is 636. The first kappa shape index (κ1) is 13.5.